The molecule has 0 radical (unpaired) electrons. The van der Waals surface area contributed by atoms with E-state index in [1.165, 1.54) is 0 Å². The van der Waals surface area contributed by atoms with Crippen LogP contribution in [0.2, 0.25) is 0 Å². The maximum absolute atomic E-state index is 13.7. The number of ether oxygens (including phenoxy) is 2. The zero-order valence-corrected chi connectivity index (χ0v) is 20.9. The quantitative estimate of drug-likeness (QED) is 0.375. The Kier molecular flexibility index (Phi) is 8.29. The number of phenolic OH excluding ortho intramolecular Hbond substituents is 1. The van der Waals surface area contributed by atoms with E-state index in [0.29, 0.717) is 36.4 Å². The molecule has 0 spiro atoms. The van der Waals surface area contributed by atoms with Crippen molar-refractivity contribution in [2.24, 2.45) is 0 Å². The number of benzene rings is 3. The van der Waals surface area contributed by atoms with Gasteiger partial charge in [-0.3, -0.25) is 14.5 Å². The number of rotatable bonds is 11. The van der Waals surface area contributed by atoms with Gasteiger partial charge in [-0.15, -0.1) is 5.73 Å². The van der Waals surface area contributed by atoms with Gasteiger partial charge in [-0.1, -0.05) is 36.4 Å². The second-order valence-corrected chi connectivity index (χ2v) is 8.67. The Labute approximate surface area is 216 Å². The molecule has 0 heterocycles. The topological polar surface area (TPSA) is 88.1 Å². The third kappa shape index (κ3) is 6.40. The molecule has 4 rings (SSSR count). The van der Waals surface area contributed by atoms with Crippen LogP contribution in [-0.2, 0) is 22.6 Å². The molecule has 1 aliphatic rings. The molecule has 7 nitrogen and oxygen atoms in total. The Hall–Kier alpha value is -4.48. The van der Waals surface area contributed by atoms with E-state index in [2.05, 4.69) is 11.0 Å². The standard InChI is InChI=1S/C30H30N2O5/c1-36-26-15-8-22(9-16-26)20-31-30(35)29(23-11-17-27(37-2)18-12-23)32(24-4-3-5-24)28(34)19-10-21-6-13-25(33)14-7-21/h3,6-9,11-18,29,33H,4,10,19-20H2,1-2H3,(H,31,35). The van der Waals surface area contributed by atoms with Crippen molar-refractivity contribution < 1.29 is 24.2 Å². The highest BCUT2D eigenvalue weighted by molar-refractivity contribution is 5.90. The molecule has 37 heavy (non-hydrogen) atoms. The molecule has 0 saturated carbocycles. The van der Waals surface area contributed by atoms with Gasteiger partial charge >= 0.3 is 0 Å². The van der Waals surface area contributed by atoms with Crippen LogP contribution >= 0.6 is 0 Å². The van der Waals surface area contributed by atoms with Gasteiger partial charge in [0.2, 0.25) is 11.8 Å². The van der Waals surface area contributed by atoms with Crippen LogP contribution < -0.4 is 14.8 Å². The lowest BCUT2D eigenvalue weighted by molar-refractivity contribution is -0.138. The number of hydrogen-bond donors (Lipinski definition) is 2. The summed E-state index contributed by atoms with van der Waals surface area (Å²) < 4.78 is 10.5. The first-order valence-electron chi connectivity index (χ1n) is 12.1. The Morgan fingerprint density at radius 1 is 0.919 bits per heavy atom. The lowest BCUT2D eigenvalue weighted by Crippen LogP contribution is -2.43. The highest BCUT2D eigenvalue weighted by atomic mass is 16.5. The number of nitrogens with zero attached hydrogens (tertiary/aromatic N) is 1. The Morgan fingerprint density at radius 2 is 1.49 bits per heavy atom. The minimum Gasteiger partial charge on any atom is -0.508 e. The Bertz CT molecular complexity index is 1290. The third-order valence-electron chi connectivity index (χ3n) is 6.25. The molecule has 1 aliphatic carbocycles. The van der Waals surface area contributed by atoms with Crippen molar-refractivity contribution in [1.29, 1.82) is 0 Å². The number of methoxy groups -OCH3 is 2. The molecular formula is C30H30N2O5. The summed E-state index contributed by atoms with van der Waals surface area (Å²) in [7, 11) is 3.18. The first-order valence-corrected chi connectivity index (χ1v) is 12.1. The number of aromatic hydroxyl groups is 1. The number of carbonyl (C=O) groups is 2. The van der Waals surface area contributed by atoms with Gasteiger partial charge in [0.25, 0.3) is 0 Å². The lowest BCUT2D eigenvalue weighted by atomic mass is 9.99. The summed E-state index contributed by atoms with van der Waals surface area (Å²) >= 11 is 0. The molecular weight excluding hydrogens is 468 g/mol. The van der Waals surface area contributed by atoms with Crippen molar-refractivity contribution in [3.63, 3.8) is 0 Å². The second kappa shape index (κ2) is 12.0. The van der Waals surface area contributed by atoms with E-state index in [0.717, 1.165) is 16.9 Å². The van der Waals surface area contributed by atoms with Gasteiger partial charge < -0.3 is 19.9 Å². The van der Waals surface area contributed by atoms with Gasteiger partial charge in [-0.25, -0.2) is 0 Å². The van der Waals surface area contributed by atoms with Crippen molar-refractivity contribution in [1.82, 2.24) is 10.2 Å². The van der Waals surface area contributed by atoms with Gasteiger partial charge in [0.05, 0.1) is 19.9 Å². The summed E-state index contributed by atoms with van der Waals surface area (Å²) in [4.78, 5) is 28.8. The largest absolute Gasteiger partial charge is 0.508 e. The van der Waals surface area contributed by atoms with Gasteiger partial charge in [0.1, 0.15) is 23.3 Å². The minimum atomic E-state index is -0.868. The van der Waals surface area contributed by atoms with Crippen molar-refractivity contribution in [2.75, 3.05) is 14.2 Å². The summed E-state index contributed by atoms with van der Waals surface area (Å²) in [6.07, 6.45) is 3.09. The summed E-state index contributed by atoms with van der Waals surface area (Å²) in [5.74, 6) is 1.10. The molecule has 0 bridgehead atoms. The monoisotopic (exact) mass is 498 g/mol. The zero-order chi connectivity index (χ0) is 26.2. The predicted molar refractivity (Wildman–Crippen MR) is 140 cm³/mol. The summed E-state index contributed by atoms with van der Waals surface area (Å²) in [5.41, 5.74) is 6.28. The van der Waals surface area contributed by atoms with E-state index in [1.54, 1.807) is 67.7 Å². The number of hydrogen-bond acceptors (Lipinski definition) is 5. The maximum atomic E-state index is 13.7. The van der Waals surface area contributed by atoms with E-state index in [1.807, 2.05) is 30.3 Å². The average Bonchev–Trinajstić information content (AvgIpc) is 2.90. The lowest BCUT2D eigenvalue weighted by Gasteiger charge is -2.33. The molecule has 3 aromatic carbocycles. The predicted octanol–water partition coefficient (Wildman–Crippen LogP) is 4.67. The van der Waals surface area contributed by atoms with Gasteiger partial charge in [-0.2, -0.15) is 0 Å². The van der Waals surface area contributed by atoms with Crippen LogP contribution in [0.4, 0.5) is 0 Å². The minimum absolute atomic E-state index is 0.176. The highest BCUT2D eigenvalue weighted by Crippen LogP contribution is 2.31. The summed E-state index contributed by atoms with van der Waals surface area (Å²) in [6.45, 7) is 0.305. The fourth-order valence-electron chi connectivity index (χ4n) is 4.08. The van der Waals surface area contributed by atoms with Gasteiger partial charge in [0, 0.05) is 19.4 Å². The molecule has 2 N–H and O–H groups in total. The van der Waals surface area contributed by atoms with Gasteiger partial charge in [0.15, 0.2) is 0 Å². The number of phenols is 1. The van der Waals surface area contributed by atoms with Gasteiger partial charge in [-0.05, 0) is 65.6 Å². The maximum Gasteiger partial charge on any atom is 0.248 e. The molecule has 1 unspecified atom stereocenters. The fourth-order valence-corrected chi connectivity index (χ4v) is 4.08. The number of carbonyl (C=O) groups excluding carboxylic acids is 2. The fraction of sp³-hybridized carbons (Fsp3) is 0.233. The van der Waals surface area contributed by atoms with Crippen molar-refractivity contribution in [3.8, 4) is 17.2 Å². The van der Waals surface area contributed by atoms with Crippen LogP contribution in [0.3, 0.4) is 0 Å². The molecule has 2 amide bonds. The SMILES string of the molecule is COc1ccc(CNC(=O)C(c2ccc(OC)cc2)N(C(=O)CCc2ccc(O)cc2)C2=C=CC2)cc1. The van der Waals surface area contributed by atoms with Crippen LogP contribution in [0.5, 0.6) is 17.2 Å². The second-order valence-electron chi connectivity index (χ2n) is 8.67. The van der Waals surface area contributed by atoms with Crippen LogP contribution in [0, 0.1) is 0 Å². The number of nitrogens with one attached hydrogen (secondary N) is 1. The molecule has 1 atom stereocenters. The van der Waals surface area contributed by atoms with E-state index >= 15 is 0 Å². The third-order valence-corrected chi connectivity index (χ3v) is 6.25. The smallest absolute Gasteiger partial charge is 0.248 e. The van der Waals surface area contributed by atoms with E-state index in [-0.39, 0.29) is 24.0 Å². The first-order chi connectivity index (χ1) is 18.0. The number of aryl methyl sites for hydroxylation is 1. The normalized spacial score (nSPS) is 12.6. The highest BCUT2D eigenvalue weighted by Gasteiger charge is 2.34. The summed E-state index contributed by atoms with van der Waals surface area (Å²) in [6, 6.07) is 20.5. The van der Waals surface area contributed by atoms with Crippen LogP contribution in [0.25, 0.3) is 0 Å². The molecule has 0 fully saturated rings. The average molecular weight is 499 g/mol. The van der Waals surface area contributed by atoms with Crippen molar-refractivity contribution >= 4 is 11.8 Å². The number of amides is 2. The molecule has 190 valence electrons. The zero-order valence-electron chi connectivity index (χ0n) is 20.9. The molecule has 0 aromatic heterocycles. The molecule has 3 aromatic rings. The molecule has 0 aliphatic heterocycles. The van der Waals surface area contributed by atoms with E-state index < -0.39 is 6.04 Å². The van der Waals surface area contributed by atoms with Crippen molar-refractivity contribution in [2.45, 2.75) is 31.8 Å². The van der Waals surface area contributed by atoms with Crippen molar-refractivity contribution in [3.05, 3.63) is 107 Å². The van der Waals surface area contributed by atoms with E-state index in [4.69, 9.17) is 9.47 Å². The first kappa shape index (κ1) is 25.6. The van der Waals surface area contributed by atoms with Crippen LogP contribution in [0.1, 0.15) is 35.6 Å². The summed E-state index contributed by atoms with van der Waals surface area (Å²) in [5, 5.41) is 12.5. The van der Waals surface area contributed by atoms with E-state index in [9.17, 15) is 14.7 Å². The Morgan fingerprint density at radius 3 is 2.03 bits per heavy atom. The van der Waals surface area contributed by atoms with Crippen LogP contribution in [0.15, 0.2) is 90.3 Å². The van der Waals surface area contributed by atoms with Crippen LogP contribution in [-0.4, -0.2) is 36.0 Å². The Balaban J connectivity index is 1.58. The molecule has 7 heteroatoms. The molecule has 0 saturated heterocycles.